The molecule has 0 atom stereocenters. The number of fused-ring (bicyclic) bond motifs is 2. The van der Waals surface area contributed by atoms with Crippen LogP contribution in [0.3, 0.4) is 0 Å². The monoisotopic (exact) mass is 470 g/mol. The minimum Gasteiger partial charge on any atom is -0.487 e. The minimum atomic E-state index is -0.937. The number of rotatable bonds is 5. The summed E-state index contributed by atoms with van der Waals surface area (Å²) in [4.78, 5) is 7.00. The van der Waals surface area contributed by atoms with Crippen LogP contribution in [0.4, 0.5) is 0 Å². The molecular formula is C30H34N2O3. The SMILES string of the molecule is CC(C)(O)c1ccc2c(c1)C(=CCCN1CCC(O)(c3ccccc3)CC1)c1cccnc1CO2. The quantitative estimate of drug-likeness (QED) is 0.549. The third-order valence-electron chi connectivity index (χ3n) is 7.31. The number of hydrogen-bond acceptors (Lipinski definition) is 5. The molecule has 0 aliphatic carbocycles. The first-order valence-corrected chi connectivity index (χ1v) is 12.5. The third kappa shape index (κ3) is 5.03. The van der Waals surface area contributed by atoms with Crippen molar-refractivity contribution in [1.29, 1.82) is 0 Å². The van der Waals surface area contributed by atoms with Crippen molar-refractivity contribution in [3.8, 4) is 5.75 Å². The lowest BCUT2D eigenvalue weighted by Gasteiger charge is -2.38. The van der Waals surface area contributed by atoms with Gasteiger partial charge in [-0.05, 0) is 68.0 Å². The minimum absolute atomic E-state index is 0.423. The van der Waals surface area contributed by atoms with Crippen LogP contribution in [0.2, 0.25) is 0 Å². The molecule has 0 saturated carbocycles. The lowest BCUT2D eigenvalue weighted by molar-refractivity contribution is -0.0254. The van der Waals surface area contributed by atoms with E-state index in [1.165, 1.54) is 0 Å². The van der Waals surface area contributed by atoms with Crippen molar-refractivity contribution in [3.63, 3.8) is 0 Å². The zero-order valence-electron chi connectivity index (χ0n) is 20.6. The molecule has 2 aliphatic rings. The Morgan fingerprint density at radius 1 is 1.03 bits per heavy atom. The number of ether oxygens (including phenoxy) is 1. The van der Waals surface area contributed by atoms with E-state index >= 15 is 0 Å². The van der Waals surface area contributed by atoms with E-state index in [-0.39, 0.29) is 0 Å². The van der Waals surface area contributed by atoms with Gasteiger partial charge in [0.05, 0.1) is 16.9 Å². The van der Waals surface area contributed by atoms with Crippen LogP contribution in [0, 0.1) is 0 Å². The molecule has 0 amide bonds. The van der Waals surface area contributed by atoms with Gasteiger partial charge in [0, 0.05) is 37.0 Å². The Labute approximate surface area is 207 Å². The first kappa shape index (κ1) is 23.7. The second-order valence-electron chi connectivity index (χ2n) is 10.2. The number of hydrogen-bond donors (Lipinski definition) is 2. The van der Waals surface area contributed by atoms with Gasteiger partial charge in [0.15, 0.2) is 0 Å². The van der Waals surface area contributed by atoms with Gasteiger partial charge in [0.1, 0.15) is 12.4 Å². The number of pyridine rings is 1. The number of likely N-dealkylation sites (tertiary alicyclic amines) is 1. The number of aliphatic hydroxyl groups is 2. The van der Waals surface area contributed by atoms with E-state index in [2.05, 4.69) is 22.0 Å². The predicted octanol–water partition coefficient (Wildman–Crippen LogP) is 5.01. The lowest BCUT2D eigenvalue weighted by Crippen LogP contribution is -2.42. The summed E-state index contributed by atoms with van der Waals surface area (Å²) in [5.74, 6) is 0.813. The zero-order valence-corrected chi connectivity index (χ0v) is 20.6. The highest BCUT2D eigenvalue weighted by molar-refractivity contribution is 5.84. The van der Waals surface area contributed by atoms with Crippen LogP contribution < -0.4 is 4.74 Å². The van der Waals surface area contributed by atoms with E-state index in [4.69, 9.17) is 4.74 Å². The zero-order chi connectivity index (χ0) is 24.5. The van der Waals surface area contributed by atoms with Gasteiger partial charge in [0.2, 0.25) is 0 Å². The molecule has 0 spiro atoms. The van der Waals surface area contributed by atoms with Crippen molar-refractivity contribution in [2.45, 2.75) is 50.9 Å². The molecule has 3 heterocycles. The Balaban J connectivity index is 1.36. The van der Waals surface area contributed by atoms with Crippen molar-refractivity contribution in [2.24, 2.45) is 0 Å². The van der Waals surface area contributed by atoms with E-state index in [0.29, 0.717) is 6.61 Å². The molecule has 2 aromatic carbocycles. The fourth-order valence-electron chi connectivity index (χ4n) is 5.13. The number of nitrogens with zero attached hydrogens (tertiary/aromatic N) is 2. The first-order valence-electron chi connectivity index (χ1n) is 12.5. The van der Waals surface area contributed by atoms with E-state index in [1.54, 1.807) is 20.0 Å². The highest BCUT2D eigenvalue weighted by Gasteiger charge is 2.33. The molecule has 0 bridgehead atoms. The summed E-state index contributed by atoms with van der Waals surface area (Å²) in [6, 6.07) is 20.0. The van der Waals surface area contributed by atoms with Crippen LogP contribution in [0.25, 0.3) is 5.57 Å². The van der Waals surface area contributed by atoms with Crippen LogP contribution in [-0.2, 0) is 17.8 Å². The van der Waals surface area contributed by atoms with E-state index in [0.717, 1.165) is 78.2 Å². The molecule has 35 heavy (non-hydrogen) atoms. The summed E-state index contributed by atoms with van der Waals surface area (Å²) < 4.78 is 6.11. The number of aromatic nitrogens is 1. The normalized spacial score (nSPS) is 18.9. The first-order chi connectivity index (χ1) is 16.8. The van der Waals surface area contributed by atoms with Gasteiger partial charge in [-0.25, -0.2) is 0 Å². The maximum absolute atomic E-state index is 11.2. The summed E-state index contributed by atoms with van der Waals surface area (Å²) in [6.07, 6.45) is 6.44. The molecule has 2 N–H and O–H groups in total. The molecule has 0 radical (unpaired) electrons. The Bertz CT molecular complexity index is 1210. The summed E-state index contributed by atoms with van der Waals surface area (Å²) in [7, 11) is 0. The Morgan fingerprint density at radius 3 is 2.54 bits per heavy atom. The summed E-state index contributed by atoms with van der Waals surface area (Å²) in [5, 5.41) is 21.8. The van der Waals surface area contributed by atoms with Crippen LogP contribution >= 0.6 is 0 Å². The molecule has 5 rings (SSSR count). The van der Waals surface area contributed by atoms with Gasteiger partial charge in [-0.15, -0.1) is 0 Å². The highest BCUT2D eigenvalue weighted by atomic mass is 16.5. The van der Waals surface area contributed by atoms with Crippen molar-refractivity contribution >= 4 is 5.57 Å². The number of benzene rings is 2. The summed E-state index contributed by atoms with van der Waals surface area (Å²) >= 11 is 0. The van der Waals surface area contributed by atoms with Crippen molar-refractivity contribution in [3.05, 3.63) is 101 Å². The van der Waals surface area contributed by atoms with Gasteiger partial charge in [0.25, 0.3) is 0 Å². The topological polar surface area (TPSA) is 65.8 Å². The smallest absolute Gasteiger partial charge is 0.131 e. The van der Waals surface area contributed by atoms with Gasteiger partial charge < -0.3 is 19.8 Å². The second-order valence-corrected chi connectivity index (χ2v) is 10.2. The molecule has 1 saturated heterocycles. The Kier molecular flexibility index (Phi) is 6.49. The predicted molar refractivity (Wildman–Crippen MR) is 138 cm³/mol. The van der Waals surface area contributed by atoms with Crippen LogP contribution in [0.5, 0.6) is 5.75 Å². The van der Waals surface area contributed by atoms with Crippen LogP contribution in [0.15, 0.2) is 72.9 Å². The van der Waals surface area contributed by atoms with Crippen molar-refractivity contribution < 1.29 is 14.9 Å². The number of piperidine rings is 1. The molecule has 5 nitrogen and oxygen atoms in total. The lowest BCUT2D eigenvalue weighted by atomic mass is 9.84. The average molecular weight is 471 g/mol. The maximum atomic E-state index is 11.2. The molecule has 1 fully saturated rings. The van der Waals surface area contributed by atoms with Crippen LogP contribution in [0.1, 0.15) is 61.1 Å². The Morgan fingerprint density at radius 2 is 1.80 bits per heavy atom. The van der Waals surface area contributed by atoms with Gasteiger partial charge >= 0.3 is 0 Å². The molecule has 1 aromatic heterocycles. The van der Waals surface area contributed by atoms with Crippen molar-refractivity contribution in [2.75, 3.05) is 19.6 Å². The second kappa shape index (κ2) is 9.57. The molecule has 2 aliphatic heterocycles. The molecule has 5 heteroatoms. The average Bonchev–Trinajstić information content (AvgIpc) is 3.02. The standard InChI is InChI=1S/C30H34N2O3/c1-29(2,33)23-12-13-28-26(20-23)24(25-10-6-16-31-27(25)21-35-28)11-7-17-32-18-14-30(34,15-19-32)22-8-4-3-5-9-22/h3-6,8-13,16,20,33-34H,7,14-15,17-19,21H2,1-2H3. The van der Waals surface area contributed by atoms with E-state index < -0.39 is 11.2 Å². The molecular weight excluding hydrogens is 436 g/mol. The molecule has 3 aromatic rings. The fraction of sp³-hybridized carbons (Fsp3) is 0.367. The molecule has 0 unspecified atom stereocenters. The van der Waals surface area contributed by atoms with E-state index in [9.17, 15) is 10.2 Å². The highest BCUT2D eigenvalue weighted by Crippen LogP contribution is 2.39. The van der Waals surface area contributed by atoms with Gasteiger partial charge in [-0.3, -0.25) is 4.98 Å². The maximum Gasteiger partial charge on any atom is 0.131 e. The summed E-state index contributed by atoms with van der Waals surface area (Å²) in [5.41, 5.74) is 4.30. The fourth-order valence-corrected chi connectivity index (χ4v) is 5.13. The largest absolute Gasteiger partial charge is 0.487 e. The van der Waals surface area contributed by atoms with Crippen molar-refractivity contribution in [1.82, 2.24) is 9.88 Å². The Hall–Kier alpha value is -2.99. The molecule has 182 valence electrons. The van der Waals surface area contributed by atoms with Gasteiger partial charge in [-0.1, -0.05) is 48.5 Å². The van der Waals surface area contributed by atoms with E-state index in [1.807, 2.05) is 54.6 Å². The van der Waals surface area contributed by atoms with Crippen LogP contribution in [-0.4, -0.2) is 39.7 Å². The third-order valence-corrected chi connectivity index (χ3v) is 7.31. The van der Waals surface area contributed by atoms with Gasteiger partial charge in [-0.2, -0.15) is 0 Å². The summed E-state index contributed by atoms with van der Waals surface area (Å²) in [6.45, 7) is 6.69.